The van der Waals surface area contributed by atoms with Crippen LogP contribution in [0.3, 0.4) is 0 Å². The van der Waals surface area contributed by atoms with Crippen LogP contribution >= 0.6 is 0 Å². The zero-order valence-electron chi connectivity index (χ0n) is 6.75. The van der Waals surface area contributed by atoms with Crippen LogP contribution in [0.2, 0.25) is 0 Å². The lowest BCUT2D eigenvalue weighted by molar-refractivity contribution is 0.735. The number of hydrogen-bond donors (Lipinski definition) is 1. The summed E-state index contributed by atoms with van der Waals surface area (Å²) in [6.07, 6.45) is 10.8. The molecule has 1 aliphatic rings. The monoisotopic (exact) mass is 158 g/mol. The molecule has 1 aromatic heterocycles. The minimum absolute atomic E-state index is 0.148. The number of terminal acetylenes is 1. The Morgan fingerprint density at radius 2 is 2.33 bits per heavy atom. The van der Waals surface area contributed by atoms with Crippen LogP contribution in [0, 0.1) is 12.3 Å². The van der Waals surface area contributed by atoms with Crippen molar-refractivity contribution < 1.29 is 0 Å². The molecule has 0 unspecified atom stereocenters. The van der Waals surface area contributed by atoms with Gasteiger partial charge in [-0.1, -0.05) is 5.92 Å². The molecule has 1 heterocycles. The van der Waals surface area contributed by atoms with Crippen molar-refractivity contribution in [2.45, 2.75) is 18.4 Å². The van der Waals surface area contributed by atoms with Gasteiger partial charge in [-0.3, -0.25) is 4.98 Å². The van der Waals surface area contributed by atoms with Crippen LogP contribution in [0.15, 0.2) is 18.5 Å². The van der Waals surface area contributed by atoms with Crippen LogP contribution in [-0.4, -0.2) is 4.98 Å². The van der Waals surface area contributed by atoms with E-state index in [2.05, 4.69) is 10.9 Å². The molecule has 2 rings (SSSR count). The first kappa shape index (κ1) is 7.33. The van der Waals surface area contributed by atoms with E-state index in [4.69, 9.17) is 12.2 Å². The van der Waals surface area contributed by atoms with Gasteiger partial charge in [0.15, 0.2) is 0 Å². The molecular formula is C10H10N2. The fourth-order valence-electron chi connectivity index (χ4n) is 1.35. The number of pyridine rings is 1. The Bertz CT molecular complexity index is 345. The Kier molecular flexibility index (Phi) is 1.42. The summed E-state index contributed by atoms with van der Waals surface area (Å²) in [4.78, 5) is 3.96. The van der Waals surface area contributed by atoms with Gasteiger partial charge in [0.2, 0.25) is 0 Å². The minimum Gasteiger partial charge on any atom is -0.321 e. The Hall–Kier alpha value is -1.33. The van der Waals surface area contributed by atoms with E-state index < -0.39 is 0 Å². The van der Waals surface area contributed by atoms with Crippen molar-refractivity contribution in [3.63, 3.8) is 0 Å². The Morgan fingerprint density at radius 3 is 2.92 bits per heavy atom. The third kappa shape index (κ3) is 0.992. The van der Waals surface area contributed by atoms with Crippen LogP contribution in [0.1, 0.15) is 24.0 Å². The van der Waals surface area contributed by atoms with Gasteiger partial charge in [0.1, 0.15) is 0 Å². The Balaban J connectivity index is 2.50. The van der Waals surface area contributed by atoms with E-state index in [0.29, 0.717) is 0 Å². The van der Waals surface area contributed by atoms with E-state index in [-0.39, 0.29) is 5.54 Å². The molecule has 0 radical (unpaired) electrons. The molecule has 60 valence electrons. The summed E-state index contributed by atoms with van der Waals surface area (Å²) in [6.45, 7) is 0. The molecule has 1 aromatic rings. The molecule has 1 aliphatic carbocycles. The third-order valence-corrected chi connectivity index (χ3v) is 2.30. The zero-order chi connectivity index (χ0) is 8.60. The van der Waals surface area contributed by atoms with Gasteiger partial charge in [-0.15, -0.1) is 6.42 Å². The second-order valence-corrected chi connectivity index (χ2v) is 3.22. The van der Waals surface area contributed by atoms with Crippen molar-refractivity contribution in [3.05, 3.63) is 29.6 Å². The van der Waals surface area contributed by atoms with Crippen molar-refractivity contribution in [3.8, 4) is 12.3 Å². The quantitative estimate of drug-likeness (QED) is 0.619. The maximum absolute atomic E-state index is 6.02. The normalized spacial score (nSPS) is 18.3. The van der Waals surface area contributed by atoms with Gasteiger partial charge in [-0.2, -0.15) is 0 Å². The first-order chi connectivity index (χ1) is 5.76. The van der Waals surface area contributed by atoms with E-state index in [1.54, 1.807) is 12.4 Å². The standard InChI is InChI=1S/C10H10N2/c1-2-8-7-12-6-3-9(8)10(11)4-5-10/h1,3,6-7H,4-5,11H2. The minimum atomic E-state index is -0.148. The van der Waals surface area contributed by atoms with Gasteiger partial charge in [0.05, 0.1) is 0 Å². The smallest absolute Gasteiger partial charge is 0.0476 e. The second-order valence-electron chi connectivity index (χ2n) is 3.22. The molecule has 0 aromatic carbocycles. The molecule has 0 saturated heterocycles. The largest absolute Gasteiger partial charge is 0.321 e. The highest BCUT2D eigenvalue weighted by Gasteiger charge is 2.41. The van der Waals surface area contributed by atoms with E-state index >= 15 is 0 Å². The van der Waals surface area contributed by atoms with Crippen LogP contribution in [-0.2, 0) is 5.54 Å². The van der Waals surface area contributed by atoms with Gasteiger partial charge in [0, 0.05) is 23.5 Å². The molecule has 0 bridgehead atoms. The molecule has 0 amide bonds. The summed E-state index contributed by atoms with van der Waals surface area (Å²) in [5.74, 6) is 2.60. The maximum atomic E-state index is 6.02. The number of nitrogens with two attached hydrogens (primary N) is 1. The van der Waals surface area contributed by atoms with Crippen LogP contribution < -0.4 is 5.73 Å². The average molecular weight is 158 g/mol. The first-order valence-corrected chi connectivity index (χ1v) is 3.96. The van der Waals surface area contributed by atoms with Gasteiger partial charge in [0.25, 0.3) is 0 Å². The van der Waals surface area contributed by atoms with Crippen LogP contribution in [0.25, 0.3) is 0 Å². The Labute approximate surface area is 71.8 Å². The maximum Gasteiger partial charge on any atom is 0.0476 e. The van der Waals surface area contributed by atoms with Crippen molar-refractivity contribution in [2.24, 2.45) is 5.73 Å². The number of rotatable bonds is 1. The first-order valence-electron chi connectivity index (χ1n) is 3.96. The molecule has 2 heteroatoms. The summed E-state index contributed by atoms with van der Waals surface area (Å²) < 4.78 is 0. The number of hydrogen-bond acceptors (Lipinski definition) is 2. The van der Waals surface area contributed by atoms with Crippen molar-refractivity contribution >= 4 is 0 Å². The molecule has 0 aliphatic heterocycles. The average Bonchev–Trinajstić information content (AvgIpc) is 2.85. The highest BCUT2D eigenvalue weighted by Crippen LogP contribution is 2.43. The third-order valence-electron chi connectivity index (χ3n) is 2.30. The highest BCUT2D eigenvalue weighted by atomic mass is 14.8. The predicted molar refractivity (Wildman–Crippen MR) is 47.3 cm³/mol. The molecule has 2 N–H and O–H groups in total. The van der Waals surface area contributed by atoms with Gasteiger partial charge < -0.3 is 5.73 Å². The van der Waals surface area contributed by atoms with Crippen LogP contribution in [0.5, 0.6) is 0 Å². The summed E-state index contributed by atoms with van der Waals surface area (Å²) in [7, 11) is 0. The summed E-state index contributed by atoms with van der Waals surface area (Å²) in [5, 5.41) is 0. The second kappa shape index (κ2) is 2.33. The van der Waals surface area contributed by atoms with Gasteiger partial charge >= 0.3 is 0 Å². The number of nitrogens with zero attached hydrogens (tertiary/aromatic N) is 1. The molecule has 0 spiro atoms. The summed E-state index contributed by atoms with van der Waals surface area (Å²) in [6, 6.07) is 1.92. The van der Waals surface area contributed by atoms with E-state index in [1.165, 1.54) is 0 Å². The van der Waals surface area contributed by atoms with Crippen LogP contribution in [0.4, 0.5) is 0 Å². The van der Waals surface area contributed by atoms with Gasteiger partial charge in [-0.25, -0.2) is 0 Å². The zero-order valence-corrected chi connectivity index (χ0v) is 6.75. The molecular weight excluding hydrogens is 148 g/mol. The Morgan fingerprint density at radius 1 is 1.58 bits per heavy atom. The van der Waals surface area contributed by atoms with Crippen molar-refractivity contribution in [2.75, 3.05) is 0 Å². The lowest BCUT2D eigenvalue weighted by Gasteiger charge is -2.10. The molecule has 1 fully saturated rings. The predicted octanol–water partition coefficient (Wildman–Crippen LogP) is 1.01. The number of aromatic nitrogens is 1. The SMILES string of the molecule is C#Cc1cnccc1C1(N)CC1. The fraction of sp³-hybridized carbons (Fsp3) is 0.300. The lowest BCUT2D eigenvalue weighted by Crippen LogP contribution is -2.20. The van der Waals surface area contributed by atoms with E-state index in [1.807, 2.05) is 6.07 Å². The topological polar surface area (TPSA) is 38.9 Å². The highest BCUT2D eigenvalue weighted by molar-refractivity contribution is 5.44. The lowest BCUT2D eigenvalue weighted by atomic mass is 10.0. The summed E-state index contributed by atoms with van der Waals surface area (Å²) >= 11 is 0. The van der Waals surface area contributed by atoms with E-state index in [9.17, 15) is 0 Å². The summed E-state index contributed by atoms with van der Waals surface area (Å²) in [5.41, 5.74) is 7.77. The van der Waals surface area contributed by atoms with Gasteiger partial charge in [-0.05, 0) is 24.5 Å². The fourth-order valence-corrected chi connectivity index (χ4v) is 1.35. The molecule has 0 atom stereocenters. The van der Waals surface area contributed by atoms with Crippen molar-refractivity contribution in [1.29, 1.82) is 0 Å². The molecule has 2 nitrogen and oxygen atoms in total. The van der Waals surface area contributed by atoms with Crippen molar-refractivity contribution in [1.82, 2.24) is 4.98 Å². The molecule has 1 saturated carbocycles. The van der Waals surface area contributed by atoms with E-state index in [0.717, 1.165) is 24.0 Å². The molecule has 12 heavy (non-hydrogen) atoms.